The van der Waals surface area contributed by atoms with Crippen molar-refractivity contribution in [3.05, 3.63) is 0 Å². The lowest BCUT2D eigenvalue weighted by atomic mass is 10.2. The van der Waals surface area contributed by atoms with Crippen LogP contribution in [0.5, 0.6) is 0 Å². The van der Waals surface area contributed by atoms with E-state index in [2.05, 4.69) is 5.32 Å². The Bertz CT molecular complexity index is 174. The minimum absolute atomic E-state index is 0.620. The van der Waals surface area contributed by atoms with Crippen LogP contribution in [-0.4, -0.2) is 65.9 Å². The average Bonchev–Trinajstić information content (AvgIpc) is 2.89. The van der Waals surface area contributed by atoms with Crippen LogP contribution in [0.2, 0.25) is 0 Å². The first kappa shape index (κ1) is 15.9. The van der Waals surface area contributed by atoms with E-state index in [9.17, 15) is 0 Å². The molecule has 0 aromatic rings. The third-order valence-electron chi connectivity index (χ3n) is 2.95. The molecule has 0 aliphatic carbocycles. The Balaban J connectivity index is 1.68. The molecule has 0 spiro atoms. The summed E-state index contributed by atoms with van der Waals surface area (Å²) < 4.78 is 21.0. The predicted molar refractivity (Wildman–Crippen MR) is 70.0 cm³/mol. The zero-order valence-electron chi connectivity index (χ0n) is 11.5. The van der Waals surface area contributed by atoms with Crippen molar-refractivity contribution < 1.29 is 18.9 Å². The van der Waals surface area contributed by atoms with Gasteiger partial charge in [-0.05, 0) is 25.8 Å². The van der Waals surface area contributed by atoms with Gasteiger partial charge in [-0.15, -0.1) is 0 Å². The van der Waals surface area contributed by atoms with Crippen molar-refractivity contribution in [3.63, 3.8) is 0 Å². The molecule has 0 amide bonds. The van der Waals surface area contributed by atoms with Crippen LogP contribution in [0.1, 0.15) is 19.3 Å². The van der Waals surface area contributed by atoms with Crippen LogP contribution in [0.3, 0.4) is 0 Å². The number of nitrogens with one attached hydrogen (secondary N) is 1. The number of hydrogen-bond acceptors (Lipinski definition) is 5. The Morgan fingerprint density at radius 3 is 2.06 bits per heavy atom. The van der Waals surface area contributed by atoms with Gasteiger partial charge >= 0.3 is 0 Å². The van der Waals surface area contributed by atoms with E-state index >= 15 is 0 Å². The summed E-state index contributed by atoms with van der Waals surface area (Å²) in [6, 6.07) is 0.667. The number of rotatable bonds is 12. The Kier molecular flexibility index (Phi) is 10.5. The van der Waals surface area contributed by atoms with Crippen LogP contribution in [0.15, 0.2) is 0 Å². The van der Waals surface area contributed by atoms with Crippen molar-refractivity contribution in [2.24, 2.45) is 0 Å². The molecular formula is C13H27NO4. The van der Waals surface area contributed by atoms with Crippen molar-refractivity contribution >= 4 is 0 Å². The van der Waals surface area contributed by atoms with Gasteiger partial charge in [-0.2, -0.15) is 0 Å². The van der Waals surface area contributed by atoms with Gasteiger partial charge in [-0.25, -0.2) is 0 Å². The summed E-state index contributed by atoms with van der Waals surface area (Å²) in [7, 11) is 1.66. The molecule has 0 radical (unpaired) electrons. The highest BCUT2D eigenvalue weighted by molar-refractivity contribution is 4.73. The average molecular weight is 261 g/mol. The molecule has 1 unspecified atom stereocenters. The summed E-state index contributed by atoms with van der Waals surface area (Å²) in [6.07, 6.45) is 3.70. The fourth-order valence-electron chi connectivity index (χ4n) is 1.91. The third kappa shape index (κ3) is 8.83. The SMILES string of the molecule is COCCOCCOCCOCCC1CCCN1. The van der Waals surface area contributed by atoms with E-state index in [4.69, 9.17) is 18.9 Å². The van der Waals surface area contributed by atoms with Crippen molar-refractivity contribution in [3.8, 4) is 0 Å². The van der Waals surface area contributed by atoms with E-state index < -0.39 is 0 Å². The van der Waals surface area contributed by atoms with Gasteiger partial charge in [0.05, 0.1) is 39.6 Å². The molecule has 1 N–H and O–H groups in total. The highest BCUT2D eigenvalue weighted by Crippen LogP contribution is 2.08. The van der Waals surface area contributed by atoms with Crippen LogP contribution >= 0.6 is 0 Å². The first-order chi connectivity index (χ1) is 8.93. The zero-order valence-corrected chi connectivity index (χ0v) is 11.5. The van der Waals surface area contributed by atoms with E-state index in [1.54, 1.807) is 7.11 Å². The van der Waals surface area contributed by atoms with E-state index in [-0.39, 0.29) is 0 Å². The lowest BCUT2D eigenvalue weighted by molar-refractivity contribution is 0.00280. The van der Waals surface area contributed by atoms with Gasteiger partial charge in [-0.3, -0.25) is 0 Å². The van der Waals surface area contributed by atoms with Crippen LogP contribution in [-0.2, 0) is 18.9 Å². The summed E-state index contributed by atoms with van der Waals surface area (Å²) in [4.78, 5) is 0. The molecule has 1 aliphatic rings. The molecule has 0 saturated carbocycles. The molecule has 108 valence electrons. The fourth-order valence-corrected chi connectivity index (χ4v) is 1.91. The van der Waals surface area contributed by atoms with Gasteiger partial charge in [-0.1, -0.05) is 0 Å². The van der Waals surface area contributed by atoms with Crippen LogP contribution < -0.4 is 5.32 Å². The normalized spacial score (nSPS) is 19.5. The molecule has 0 bridgehead atoms. The highest BCUT2D eigenvalue weighted by atomic mass is 16.6. The summed E-state index contributed by atoms with van der Waals surface area (Å²) in [5.41, 5.74) is 0. The van der Waals surface area contributed by atoms with Crippen molar-refractivity contribution in [1.29, 1.82) is 0 Å². The molecule has 1 fully saturated rings. The van der Waals surface area contributed by atoms with Gasteiger partial charge in [0.2, 0.25) is 0 Å². The lowest BCUT2D eigenvalue weighted by Crippen LogP contribution is -2.23. The zero-order chi connectivity index (χ0) is 12.9. The smallest absolute Gasteiger partial charge is 0.0701 e. The summed E-state index contributed by atoms with van der Waals surface area (Å²) in [5.74, 6) is 0. The second-order valence-corrected chi connectivity index (χ2v) is 4.41. The molecule has 0 aromatic heterocycles. The highest BCUT2D eigenvalue weighted by Gasteiger charge is 2.12. The molecular weight excluding hydrogens is 234 g/mol. The predicted octanol–water partition coefficient (Wildman–Crippen LogP) is 0.825. The number of ether oxygens (including phenoxy) is 4. The maximum absolute atomic E-state index is 5.51. The Morgan fingerprint density at radius 1 is 0.889 bits per heavy atom. The quantitative estimate of drug-likeness (QED) is 0.527. The maximum atomic E-state index is 5.51. The molecule has 1 atom stereocenters. The largest absolute Gasteiger partial charge is 0.382 e. The van der Waals surface area contributed by atoms with E-state index in [0.29, 0.717) is 45.7 Å². The van der Waals surface area contributed by atoms with Gasteiger partial charge in [0.15, 0.2) is 0 Å². The molecule has 1 saturated heterocycles. The third-order valence-corrected chi connectivity index (χ3v) is 2.95. The van der Waals surface area contributed by atoms with E-state index in [0.717, 1.165) is 19.6 Å². The van der Waals surface area contributed by atoms with E-state index in [1.807, 2.05) is 0 Å². The molecule has 0 aromatic carbocycles. The van der Waals surface area contributed by atoms with Gasteiger partial charge in [0.25, 0.3) is 0 Å². The lowest BCUT2D eigenvalue weighted by Gasteiger charge is -2.10. The summed E-state index contributed by atoms with van der Waals surface area (Å²) in [5, 5.41) is 3.45. The number of hydrogen-bond donors (Lipinski definition) is 1. The van der Waals surface area contributed by atoms with Crippen molar-refractivity contribution in [2.75, 3.05) is 59.9 Å². The molecule has 1 heterocycles. The van der Waals surface area contributed by atoms with Crippen LogP contribution in [0, 0.1) is 0 Å². The van der Waals surface area contributed by atoms with Crippen LogP contribution in [0.25, 0.3) is 0 Å². The second-order valence-electron chi connectivity index (χ2n) is 4.41. The standard InChI is InChI=1S/C13H27NO4/c1-15-7-8-17-11-12-18-10-9-16-6-4-13-3-2-5-14-13/h13-14H,2-12H2,1H3. The molecule has 1 aliphatic heterocycles. The van der Waals surface area contributed by atoms with Gasteiger partial charge < -0.3 is 24.3 Å². The maximum Gasteiger partial charge on any atom is 0.0701 e. The first-order valence-corrected chi connectivity index (χ1v) is 6.89. The fraction of sp³-hybridized carbons (Fsp3) is 1.00. The van der Waals surface area contributed by atoms with Gasteiger partial charge in [0, 0.05) is 19.8 Å². The minimum Gasteiger partial charge on any atom is -0.382 e. The Labute approximate surface area is 110 Å². The summed E-state index contributed by atoms with van der Waals surface area (Å²) >= 11 is 0. The number of methoxy groups -OCH3 is 1. The van der Waals surface area contributed by atoms with Gasteiger partial charge in [0.1, 0.15) is 0 Å². The molecule has 18 heavy (non-hydrogen) atoms. The molecule has 5 heteroatoms. The minimum atomic E-state index is 0.620. The topological polar surface area (TPSA) is 49.0 Å². The monoisotopic (exact) mass is 261 g/mol. The second kappa shape index (κ2) is 11.9. The van der Waals surface area contributed by atoms with Crippen LogP contribution in [0.4, 0.5) is 0 Å². The molecule has 5 nitrogen and oxygen atoms in total. The van der Waals surface area contributed by atoms with E-state index in [1.165, 1.54) is 12.8 Å². The Morgan fingerprint density at radius 2 is 1.50 bits per heavy atom. The Hall–Kier alpha value is -0.200. The summed E-state index contributed by atoms with van der Waals surface area (Å²) in [6.45, 7) is 5.81. The van der Waals surface area contributed by atoms with Crippen molar-refractivity contribution in [2.45, 2.75) is 25.3 Å². The first-order valence-electron chi connectivity index (χ1n) is 6.89. The van der Waals surface area contributed by atoms with Crippen molar-refractivity contribution in [1.82, 2.24) is 5.32 Å². The molecule has 1 rings (SSSR count).